The fourth-order valence-corrected chi connectivity index (χ4v) is 4.59. The highest BCUT2D eigenvalue weighted by molar-refractivity contribution is 6.30. The molecule has 0 spiro atoms. The van der Waals surface area contributed by atoms with E-state index in [9.17, 15) is 4.79 Å². The van der Waals surface area contributed by atoms with Crippen LogP contribution in [-0.4, -0.2) is 71.7 Å². The monoisotopic (exact) mass is 490 g/mol. The number of likely N-dealkylation sites (tertiary alicyclic amines) is 1. The Morgan fingerprint density at radius 1 is 1.24 bits per heavy atom. The van der Waals surface area contributed by atoms with Gasteiger partial charge in [0.05, 0.1) is 12.1 Å². The first kappa shape index (κ1) is 24.9. The minimum absolute atomic E-state index is 0.126. The van der Waals surface area contributed by atoms with Crippen molar-refractivity contribution in [1.82, 2.24) is 14.9 Å². The Balaban J connectivity index is 1.46. The zero-order chi connectivity index (χ0) is 24.1. The maximum absolute atomic E-state index is 12.5. The van der Waals surface area contributed by atoms with Gasteiger partial charge in [0.1, 0.15) is 16.6 Å². The van der Waals surface area contributed by atoms with Gasteiger partial charge in [0, 0.05) is 49.9 Å². The highest BCUT2D eigenvalue weighted by Crippen LogP contribution is 2.26. The van der Waals surface area contributed by atoms with Crippen molar-refractivity contribution in [3.05, 3.63) is 29.5 Å². The number of hydrogen-bond donors (Lipinski definition) is 0. The molecule has 2 aromatic rings. The van der Waals surface area contributed by atoms with Crippen LogP contribution in [0.3, 0.4) is 0 Å². The molecule has 9 heteroatoms. The molecular weight excluding hydrogens is 456 g/mol. The van der Waals surface area contributed by atoms with Gasteiger partial charge in [0.25, 0.3) is 0 Å². The summed E-state index contributed by atoms with van der Waals surface area (Å²) >= 11 is 6.11. The first-order valence-electron chi connectivity index (χ1n) is 12.2. The van der Waals surface area contributed by atoms with Crippen LogP contribution in [0, 0.1) is 0 Å². The molecule has 1 unspecified atom stereocenters. The second-order valence-corrected chi connectivity index (χ2v) is 10.3. The number of pyridine rings is 2. The summed E-state index contributed by atoms with van der Waals surface area (Å²) in [5.74, 6) is 0.874. The number of halogens is 1. The quantitative estimate of drug-likeness (QED) is 0.525. The summed E-state index contributed by atoms with van der Waals surface area (Å²) < 4.78 is 17.3. The number of fused-ring (bicyclic) bond motifs is 1. The second kappa shape index (κ2) is 11.1. The lowest BCUT2D eigenvalue weighted by atomic mass is 10.0. The molecule has 1 atom stereocenters. The Morgan fingerprint density at radius 3 is 2.74 bits per heavy atom. The van der Waals surface area contributed by atoms with E-state index in [1.54, 1.807) is 17.2 Å². The molecule has 2 aliphatic rings. The summed E-state index contributed by atoms with van der Waals surface area (Å²) in [6.07, 6.45) is 6.20. The molecular formula is C25H35ClN4O4. The van der Waals surface area contributed by atoms with Crippen LogP contribution in [0.15, 0.2) is 24.4 Å². The molecule has 186 valence electrons. The maximum atomic E-state index is 12.5. The molecule has 4 rings (SSSR count). The van der Waals surface area contributed by atoms with Crippen molar-refractivity contribution >= 4 is 34.4 Å². The summed E-state index contributed by atoms with van der Waals surface area (Å²) in [4.78, 5) is 25.6. The maximum Gasteiger partial charge on any atom is 0.410 e. The van der Waals surface area contributed by atoms with Crippen LogP contribution >= 0.6 is 11.6 Å². The smallest absolute Gasteiger partial charge is 0.410 e. The van der Waals surface area contributed by atoms with Gasteiger partial charge in [-0.1, -0.05) is 11.6 Å². The minimum Gasteiger partial charge on any atom is -0.444 e. The van der Waals surface area contributed by atoms with Crippen molar-refractivity contribution in [1.29, 1.82) is 0 Å². The summed E-state index contributed by atoms with van der Waals surface area (Å²) in [5, 5.41) is 1.37. The Kier molecular flexibility index (Phi) is 8.11. The van der Waals surface area contributed by atoms with E-state index < -0.39 is 5.60 Å². The average Bonchev–Trinajstić information content (AvgIpc) is 2.81. The molecule has 0 radical (unpaired) electrons. The van der Waals surface area contributed by atoms with Crippen molar-refractivity contribution in [2.45, 2.75) is 70.8 Å². The Hall–Kier alpha value is -2.16. The van der Waals surface area contributed by atoms with E-state index in [-0.39, 0.29) is 18.4 Å². The lowest BCUT2D eigenvalue weighted by molar-refractivity contribution is -0.160. The minimum atomic E-state index is -0.496. The molecule has 2 aliphatic heterocycles. The van der Waals surface area contributed by atoms with E-state index in [1.807, 2.05) is 32.9 Å². The molecule has 2 fully saturated rings. The predicted octanol–water partition coefficient (Wildman–Crippen LogP) is 5.03. The van der Waals surface area contributed by atoms with Gasteiger partial charge in [0.2, 0.25) is 0 Å². The van der Waals surface area contributed by atoms with Crippen LogP contribution in [0.2, 0.25) is 5.15 Å². The van der Waals surface area contributed by atoms with Crippen LogP contribution < -0.4 is 4.90 Å². The summed E-state index contributed by atoms with van der Waals surface area (Å²) in [7, 11) is 0. The van der Waals surface area contributed by atoms with Gasteiger partial charge in [-0.15, -0.1) is 0 Å². The van der Waals surface area contributed by atoms with Gasteiger partial charge in [-0.3, -0.25) is 0 Å². The molecule has 2 aromatic heterocycles. The van der Waals surface area contributed by atoms with Crippen LogP contribution in [-0.2, 0) is 14.2 Å². The number of anilines is 1. The molecule has 0 aliphatic carbocycles. The Bertz CT molecular complexity index is 969. The molecule has 8 nitrogen and oxygen atoms in total. The van der Waals surface area contributed by atoms with E-state index in [4.69, 9.17) is 30.8 Å². The number of nitrogens with zero attached hydrogens (tertiary/aromatic N) is 4. The molecule has 2 saturated heterocycles. The van der Waals surface area contributed by atoms with E-state index in [0.717, 1.165) is 55.4 Å². The van der Waals surface area contributed by atoms with Gasteiger partial charge >= 0.3 is 6.09 Å². The van der Waals surface area contributed by atoms with Crippen molar-refractivity contribution in [2.75, 3.05) is 37.7 Å². The molecule has 34 heavy (non-hydrogen) atoms. The Morgan fingerprint density at radius 2 is 2.03 bits per heavy atom. The van der Waals surface area contributed by atoms with Crippen molar-refractivity contribution in [3.63, 3.8) is 0 Å². The zero-order valence-electron chi connectivity index (χ0n) is 20.3. The number of aromatic nitrogens is 2. The molecule has 1 amide bonds. The molecule has 0 aromatic carbocycles. The molecule has 0 N–H and O–H groups in total. The third-order valence-electron chi connectivity index (χ3n) is 6.15. The number of ether oxygens (including phenoxy) is 3. The van der Waals surface area contributed by atoms with Gasteiger partial charge in [-0.2, -0.15) is 0 Å². The van der Waals surface area contributed by atoms with Gasteiger partial charge in [-0.25, -0.2) is 14.8 Å². The number of carbonyl (C=O) groups excluding carboxylic acids is 1. The molecule has 0 bridgehead atoms. The van der Waals surface area contributed by atoms with Gasteiger partial charge in [0.15, 0.2) is 6.29 Å². The van der Waals surface area contributed by atoms with E-state index >= 15 is 0 Å². The van der Waals surface area contributed by atoms with Crippen LogP contribution in [0.4, 0.5) is 10.6 Å². The third-order valence-corrected chi connectivity index (χ3v) is 6.36. The fourth-order valence-electron chi connectivity index (χ4n) is 4.44. The van der Waals surface area contributed by atoms with E-state index in [1.165, 1.54) is 0 Å². The topological polar surface area (TPSA) is 77.0 Å². The number of hydrogen-bond acceptors (Lipinski definition) is 7. The SMILES string of the molecule is CC(C)(C)OC(=O)N1CCC(N(CCOC2CCCCO2)c2ccc3cnc(Cl)cc3n2)CC1. The largest absolute Gasteiger partial charge is 0.444 e. The summed E-state index contributed by atoms with van der Waals surface area (Å²) in [6, 6.07) is 6.07. The van der Waals surface area contributed by atoms with Crippen molar-refractivity contribution in [3.8, 4) is 0 Å². The van der Waals surface area contributed by atoms with Crippen molar-refractivity contribution in [2.24, 2.45) is 0 Å². The third kappa shape index (κ3) is 6.71. The highest BCUT2D eigenvalue weighted by Gasteiger charge is 2.30. The van der Waals surface area contributed by atoms with Crippen LogP contribution in [0.5, 0.6) is 0 Å². The van der Waals surface area contributed by atoms with Crippen LogP contribution in [0.1, 0.15) is 52.9 Å². The second-order valence-electron chi connectivity index (χ2n) is 9.93. The van der Waals surface area contributed by atoms with Crippen LogP contribution in [0.25, 0.3) is 10.9 Å². The number of amides is 1. The predicted molar refractivity (Wildman–Crippen MR) is 132 cm³/mol. The number of rotatable bonds is 6. The highest BCUT2D eigenvalue weighted by atomic mass is 35.5. The first-order chi connectivity index (χ1) is 16.3. The zero-order valence-corrected chi connectivity index (χ0v) is 21.1. The molecule has 0 saturated carbocycles. The molecule has 4 heterocycles. The normalized spacial score (nSPS) is 19.9. The number of carbonyl (C=O) groups is 1. The number of piperidine rings is 1. The Labute approximate surface area is 206 Å². The van der Waals surface area contributed by atoms with Gasteiger partial charge in [-0.05, 0) is 65.0 Å². The van der Waals surface area contributed by atoms with E-state index in [0.29, 0.717) is 31.4 Å². The fraction of sp³-hybridized carbons (Fsp3) is 0.640. The van der Waals surface area contributed by atoms with Gasteiger partial charge < -0.3 is 24.0 Å². The standard InChI is InChI=1S/C25H35ClN4O4/c1-25(2,3)34-24(31)29-11-9-19(10-12-29)30(13-15-33-23-6-4-5-14-32-23)22-8-7-18-17-27-21(26)16-20(18)28-22/h7-8,16-17,19,23H,4-6,9-15H2,1-3H3. The lowest BCUT2D eigenvalue weighted by Gasteiger charge is -2.39. The van der Waals surface area contributed by atoms with E-state index in [2.05, 4.69) is 9.88 Å². The summed E-state index contributed by atoms with van der Waals surface area (Å²) in [6.45, 7) is 8.96. The summed E-state index contributed by atoms with van der Waals surface area (Å²) in [5.41, 5.74) is 0.314. The first-order valence-corrected chi connectivity index (χ1v) is 12.6. The van der Waals surface area contributed by atoms with Crippen molar-refractivity contribution < 1.29 is 19.0 Å². The average molecular weight is 491 g/mol. The lowest BCUT2D eigenvalue weighted by Crippen LogP contribution is -2.49.